The van der Waals surface area contributed by atoms with Crippen LogP contribution in [0.4, 0.5) is 13.2 Å². The number of hydrogen-bond donors (Lipinski definition) is 0. The predicted octanol–water partition coefficient (Wildman–Crippen LogP) is 2.24. The molecule has 0 saturated heterocycles. The van der Waals surface area contributed by atoms with Crippen molar-refractivity contribution in [2.75, 3.05) is 0 Å². The Labute approximate surface area is 73.4 Å². The summed E-state index contributed by atoms with van der Waals surface area (Å²) in [6.07, 6.45) is -0.490. The summed E-state index contributed by atoms with van der Waals surface area (Å²) in [5.74, 6) is -0.748. The fourth-order valence-electron chi connectivity index (χ4n) is 1.66. The SMILES string of the molecule is FC(F)(F)c1ncc2n1CCCC2. The molecular weight excluding hydrogens is 181 g/mol. The van der Waals surface area contributed by atoms with Crippen LogP contribution in [0, 0.1) is 0 Å². The van der Waals surface area contributed by atoms with Gasteiger partial charge in [-0.05, 0) is 19.3 Å². The molecule has 5 heteroatoms. The fraction of sp³-hybridized carbons (Fsp3) is 0.625. The monoisotopic (exact) mass is 190 g/mol. The molecule has 72 valence electrons. The van der Waals surface area contributed by atoms with Crippen molar-refractivity contribution in [3.8, 4) is 0 Å². The Hall–Kier alpha value is -1.00. The third-order valence-corrected chi connectivity index (χ3v) is 2.26. The van der Waals surface area contributed by atoms with E-state index in [1.54, 1.807) is 0 Å². The number of aryl methyl sites for hydroxylation is 1. The van der Waals surface area contributed by atoms with Crippen molar-refractivity contribution in [2.24, 2.45) is 0 Å². The molecule has 1 aliphatic rings. The molecule has 0 fully saturated rings. The second kappa shape index (κ2) is 2.75. The van der Waals surface area contributed by atoms with Crippen LogP contribution in [-0.4, -0.2) is 9.55 Å². The Morgan fingerprint density at radius 3 is 2.77 bits per heavy atom. The molecular formula is C8H9F3N2. The van der Waals surface area contributed by atoms with Gasteiger partial charge >= 0.3 is 6.18 Å². The maximum atomic E-state index is 12.3. The zero-order chi connectivity index (χ0) is 9.47. The molecule has 0 atom stereocenters. The summed E-state index contributed by atoms with van der Waals surface area (Å²) < 4.78 is 38.3. The Bertz CT molecular complexity index is 314. The number of nitrogens with zero attached hydrogens (tertiary/aromatic N) is 2. The molecule has 1 aromatic rings. The Kier molecular flexibility index (Phi) is 1.82. The maximum Gasteiger partial charge on any atom is 0.449 e. The highest BCUT2D eigenvalue weighted by Crippen LogP contribution is 2.30. The topological polar surface area (TPSA) is 17.8 Å². The highest BCUT2D eigenvalue weighted by atomic mass is 19.4. The van der Waals surface area contributed by atoms with Crippen molar-refractivity contribution in [3.63, 3.8) is 0 Å². The molecule has 0 aromatic carbocycles. The van der Waals surface area contributed by atoms with Crippen LogP contribution in [0.2, 0.25) is 0 Å². The Balaban J connectivity index is 2.43. The molecule has 2 rings (SSSR count). The highest BCUT2D eigenvalue weighted by Gasteiger charge is 2.37. The number of halogens is 3. The summed E-state index contributed by atoms with van der Waals surface area (Å²) in [5.41, 5.74) is 0.707. The Morgan fingerprint density at radius 2 is 2.08 bits per heavy atom. The van der Waals surface area contributed by atoms with Crippen LogP contribution >= 0.6 is 0 Å². The molecule has 0 spiro atoms. The van der Waals surface area contributed by atoms with E-state index in [1.165, 1.54) is 10.8 Å². The normalized spacial score (nSPS) is 17.2. The third-order valence-electron chi connectivity index (χ3n) is 2.26. The number of aromatic nitrogens is 2. The molecule has 0 saturated carbocycles. The number of imidazole rings is 1. The van der Waals surface area contributed by atoms with Gasteiger partial charge < -0.3 is 4.57 Å². The lowest BCUT2D eigenvalue weighted by molar-refractivity contribution is -0.147. The maximum absolute atomic E-state index is 12.3. The van der Waals surface area contributed by atoms with E-state index in [1.807, 2.05) is 0 Å². The summed E-state index contributed by atoms with van der Waals surface area (Å²) in [7, 11) is 0. The first-order valence-electron chi connectivity index (χ1n) is 4.20. The summed E-state index contributed by atoms with van der Waals surface area (Å²) in [5, 5.41) is 0. The predicted molar refractivity (Wildman–Crippen MR) is 40.2 cm³/mol. The molecule has 0 unspecified atom stereocenters. The highest BCUT2D eigenvalue weighted by molar-refractivity contribution is 5.09. The first-order valence-corrected chi connectivity index (χ1v) is 4.20. The van der Waals surface area contributed by atoms with E-state index in [0.717, 1.165) is 12.8 Å². The minimum absolute atomic E-state index is 0.449. The van der Waals surface area contributed by atoms with Gasteiger partial charge in [-0.3, -0.25) is 0 Å². The Morgan fingerprint density at radius 1 is 1.31 bits per heavy atom. The van der Waals surface area contributed by atoms with Gasteiger partial charge in [0.25, 0.3) is 0 Å². The number of rotatable bonds is 0. The van der Waals surface area contributed by atoms with E-state index in [-0.39, 0.29) is 0 Å². The molecule has 1 aromatic heterocycles. The molecule has 2 heterocycles. The molecule has 0 bridgehead atoms. The molecule has 0 aliphatic carbocycles. The van der Waals surface area contributed by atoms with Crippen molar-refractivity contribution in [3.05, 3.63) is 17.7 Å². The van der Waals surface area contributed by atoms with E-state index in [0.29, 0.717) is 18.7 Å². The number of hydrogen-bond acceptors (Lipinski definition) is 1. The lowest BCUT2D eigenvalue weighted by atomic mass is 10.1. The van der Waals surface area contributed by atoms with Crippen molar-refractivity contribution < 1.29 is 13.2 Å². The van der Waals surface area contributed by atoms with E-state index >= 15 is 0 Å². The quantitative estimate of drug-likeness (QED) is 0.613. The zero-order valence-corrected chi connectivity index (χ0v) is 6.93. The minimum atomic E-state index is -4.31. The molecule has 0 radical (unpaired) electrons. The van der Waals surface area contributed by atoms with Crippen molar-refractivity contribution in [1.82, 2.24) is 9.55 Å². The van der Waals surface area contributed by atoms with E-state index < -0.39 is 12.0 Å². The summed E-state index contributed by atoms with van der Waals surface area (Å²) >= 11 is 0. The van der Waals surface area contributed by atoms with Crippen LogP contribution in [0.25, 0.3) is 0 Å². The number of fused-ring (bicyclic) bond motifs is 1. The van der Waals surface area contributed by atoms with Crippen LogP contribution in [0.3, 0.4) is 0 Å². The minimum Gasteiger partial charge on any atom is -0.324 e. The third kappa shape index (κ3) is 1.43. The first-order chi connectivity index (χ1) is 6.09. The van der Waals surface area contributed by atoms with Gasteiger partial charge in [0.05, 0.1) is 0 Å². The second-order valence-corrected chi connectivity index (χ2v) is 3.18. The van der Waals surface area contributed by atoms with Crippen LogP contribution < -0.4 is 0 Å². The molecule has 0 amide bonds. The first kappa shape index (κ1) is 8.59. The standard InChI is InChI=1S/C8H9F3N2/c9-8(10,11)7-12-5-6-3-1-2-4-13(6)7/h5H,1-4H2. The summed E-state index contributed by atoms with van der Waals surface area (Å²) in [4.78, 5) is 3.41. The molecule has 2 nitrogen and oxygen atoms in total. The summed E-state index contributed by atoms with van der Waals surface area (Å²) in [6, 6.07) is 0. The van der Waals surface area contributed by atoms with Gasteiger partial charge in [0.2, 0.25) is 5.82 Å². The van der Waals surface area contributed by atoms with E-state index in [9.17, 15) is 13.2 Å². The van der Waals surface area contributed by atoms with Crippen LogP contribution in [-0.2, 0) is 19.1 Å². The lowest BCUT2D eigenvalue weighted by Crippen LogP contribution is -2.19. The summed E-state index contributed by atoms with van der Waals surface area (Å²) in [6.45, 7) is 0.449. The van der Waals surface area contributed by atoms with Crippen molar-refractivity contribution in [2.45, 2.75) is 32.0 Å². The van der Waals surface area contributed by atoms with Gasteiger partial charge in [0.15, 0.2) is 0 Å². The molecule has 13 heavy (non-hydrogen) atoms. The molecule has 0 N–H and O–H groups in total. The fourth-order valence-corrected chi connectivity index (χ4v) is 1.66. The smallest absolute Gasteiger partial charge is 0.324 e. The van der Waals surface area contributed by atoms with E-state index in [2.05, 4.69) is 4.98 Å². The van der Waals surface area contributed by atoms with Crippen molar-refractivity contribution in [1.29, 1.82) is 0 Å². The molecule has 1 aliphatic heterocycles. The zero-order valence-electron chi connectivity index (χ0n) is 6.93. The average molecular weight is 190 g/mol. The van der Waals surface area contributed by atoms with Gasteiger partial charge in [0, 0.05) is 18.4 Å². The van der Waals surface area contributed by atoms with Crippen molar-refractivity contribution >= 4 is 0 Å². The number of alkyl halides is 3. The average Bonchev–Trinajstić information content (AvgIpc) is 2.45. The largest absolute Gasteiger partial charge is 0.449 e. The second-order valence-electron chi connectivity index (χ2n) is 3.18. The van der Waals surface area contributed by atoms with E-state index in [4.69, 9.17) is 0 Å². The van der Waals surface area contributed by atoms with Gasteiger partial charge in [-0.1, -0.05) is 0 Å². The van der Waals surface area contributed by atoms with Crippen LogP contribution in [0.1, 0.15) is 24.4 Å². The van der Waals surface area contributed by atoms with Gasteiger partial charge in [-0.25, -0.2) is 4.98 Å². The lowest BCUT2D eigenvalue weighted by Gasteiger charge is -2.17. The van der Waals surface area contributed by atoms with Gasteiger partial charge in [-0.15, -0.1) is 0 Å². The van der Waals surface area contributed by atoms with Crippen LogP contribution in [0.5, 0.6) is 0 Å². The van der Waals surface area contributed by atoms with Crippen LogP contribution in [0.15, 0.2) is 6.20 Å². The van der Waals surface area contributed by atoms with Gasteiger partial charge in [-0.2, -0.15) is 13.2 Å². The van der Waals surface area contributed by atoms with Gasteiger partial charge in [0.1, 0.15) is 0 Å².